The topological polar surface area (TPSA) is 56.0 Å². The summed E-state index contributed by atoms with van der Waals surface area (Å²) in [6.45, 7) is 4.99. The fourth-order valence-corrected chi connectivity index (χ4v) is 2.23. The molecule has 7 heteroatoms. The summed E-state index contributed by atoms with van der Waals surface area (Å²) in [5.74, 6) is -0.0736. The van der Waals surface area contributed by atoms with Gasteiger partial charge in [0, 0.05) is 26.3 Å². The summed E-state index contributed by atoms with van der Waals surface area (Å²) in [5, 5.41) is 8.84. The van der Waals surface area contributed by atoms with E-state index in [1.165, 1.54) is 0 Å². The van der Waals surface area contributed by atoms with Crippen LogP contribution in [0.25, 0.3) is 0 Å². The van der Waals surface area contributed by atoms with Crippen molar-refractivity contribution in [1.29, 1.82) is 0 Å². The highest BCUT2D eigenvalue weighted by Crippen LogP contribution is 2.18. The van der Waals surface area contributed by atoms with E-state index in [1.807, 2.05) is 20.9 Å². The van der Waals surface area contributed by atoms with Gasteiger partial charge in [0.05, 0.1) is 35.2 Å². The highest BCUT2D eigenvalue weighted by atomic mass is 35.5. The third-order valence-corrected chi connectivity index (χ3v) is 3.71. The van der Waals surface area contributed by atoms with Crippen LogP contribution in [0.2, 0.25) is 5.02 Å². The summed E-state index contributed by atoms with van der Waals surface area (Å²) in [6.07, 6.45) is 3.20. The highest BCUT2D eigenvalue weighted by molar-refractivity contribution is 6.31. The Labute approximate surface area is 122 Å². The number of carbonyl (C=O) groups excluding carboxylic acids is 1. The van der Waals surface area contributed by atoms with Gasteiger partial charge in [0.25, 0.3) is 5.91 Å². The lowest BCUT2D eigenvalue weighted by molar-refractivity contribution is 0.0780. The van der Waals surface area contributed by atoms with Gasteiger partial charge in [-0.25, -0.2) is 0 Å². The van der Waals surface area contributed by atoms with Gasteiger partial charge in [0.2, 0.25) is 0 Å². The number of carbonyl (C=O) groups is 1. The molecule has 0 fully saturated rings. The molecule has 6 nitrogen and oxygen atoms in total. The average molecular weight is 296 g/mol. The minimum absolute atomic E-state index is 0.0736. The van der Waals surface area contributed by atoms with Crippen LogP contribution in [0.3, 0.4) is 0 Å². The molecule has 2 aromatic rings. The summed E-state index contributed by atoms with van der Waals surface area (Å²) in [7, 11) is 3.56. The van der Waals surface area contributed by atoms with Gasteiger partial charge in [-0.1, -0.05) is 11.6 Å². The summed E-state index contributed by atoms with van der Waals surface area (Å²) in [4.78, 5) is 14.0. The molecule has 0 bridgehead atoms. The third kappa shape index (κ3) is 2.56. The Morgan fingerprint density at radius 1 is 1.40 bits per heavy atom. The van der Waals surface area contributed by atoms with Gasteiger partial charge >= 0.3 is 0 Å². The zero-order valence-corrected chi connectivity index (χ0v) is 12.8. The minimum atomic E-state index is -0.0736. The lowest BCUT2D eigenvalue weighted by Gasteiger charge is -2.18. The SMILES string of the molecule is CCn1ncc(Cl)c1CN(C)C(=O)c1cnn(C)c1C. The van der Waals surface area contributed by atoms with E-state index in [4.69, 9.17) is 11.6 Å². The van der Waals surface area contributed by atoms with Crippen molar-refractivity contribution in [3.05, 3.63) is 34.4 Å². The van der Waals surface area contributed by atoms with Crippen LogP contribution in [0.4, 0.5) is 0 Å². The van der Waals surface area contributed by atoms with Crippen LogP contribution in [0.5, 0.6) is 0 Å². The van der Waals surface area contributed by atoms with Gasteiger partial charge in [0.15, 0.2) is 0 Å². The second-order valence-corrected chi connectivity index (χ2v) is 5.09. The molecule has 0 unspecified atom stereocenters. The van der Waals surface area contributed by atoms with Crippen molar-refractivity contribution in [1.82, 2.24) is 24.5 Å². The van der Waals surface area contributed by atoms with Crippen LogP contribution in [0, 0.1) is 6.92 Å². The van der Waals surface area contributed by atoms with Crippen LogP contribution >= 0.6 is 11.6 Å². The molecule has 0 aliphatic carbocycles. The Bertz CT molecular complexity index is 631. The van der Waals surface area contributed by atoms with Gasteiger partial charge in [-0.15, -0.1) is 0 Å². The van der Waals surface area contributed by atoms with Crippen molar-refractivity contribution in [3.63, 3.8) is 0 Å². The molecule has 0 aromatic carbocycles. The first-order valence-corrected chi connectivity index (χ1v) is 6.77. The van der Waals surface area contributed by atoms with E-state index in [2.05, 4.69) is 10.2 Å². The predicted molar refractivity (Wildman–Crippen MR) is 76.7 cm³/mol. The number of amides is 1. The Balaban J connectivity index is 2.20. The maximum atomic E-state index is 12.4. The normalized spacial score (nSPS) is 10.8. The first kappa shape index (κ1) is 14.6. The Morgan fingerprint density at radius 2 is 2.10 bits per heavy atom. The molecule has 0 N–H and O–H groups in total. The van der Waals surface area contributed by atoms with Crippen LogP contribution in [-0.4, -0.2) is 37.4 Å². The van der Waals surface area contributed by atoms with E-state index in [0.717, 1.165) is 17.9 Å². The molecule has 2 rings (SSSR count). The van der Waals surface area contributed by atoms with Gasteiger partial charge in [-0.3, -0.25) is 14.2 Å². The van der Waals surface area contributed by atoms with Gasteiger partial charge < -0.3 is 4.90 Å². The quantitative estimate of drug-likeness (QED) is 0.865. The molecule has 2 aromatic heterocycles. The summed E-state index contributed by atoms with van der Waals surface area (Å²) in [6, 6.07) is 0. The largest absolute Gasteiger partial charge is 0.336 e. The first-order valence-electron chi connectivity index (χ1n) is 6.40. The van der Waals surface area contributed by atoms with Gasteiger partial charge in [-0.2, -0.15) is 10.2 Å². The molecule has 0 aliphatic heterocycles. The number of aromatic nitrogens is 4. The van der Waals surface area contributed by atoms with Crippen molar-refractivity contribution in [2.45, 2.75) is 26.9 Å². The van der Waals surface area contributed by atoms with Crippen molar-refractivity contribution in [3.8, 4) is 0 Å². The van der Waals surface area contributed by atoms with E-state index in [-0.39, 0.29) is 5.91 Å². The standard InChI is InChI=1S/C13H18ClN5O/c1-5-19-12(11(14)7-16-19)8-17(3)13(20)10-6-15-18(4)9(10)2/h6-7H,5,8H2,1-4H3. The van der Waals surface area contributed by atoms with Crippen molar-refractivity contribution in [2.24, 2.45) is 7.05 Å². The van der Waals surface area contributed by atoms with E-state index in [1.54, 1.807) is 33.7 Å². The molecule has 2 heterocycles. The highest BCUT2D eigenvalue weighted by Gasteiger charge is 2.19. The molecule has 0 spiro atoms. The molecule has 0 aliphatic rings. The van der Waals surface area contributed by atoms with Crippen LogP contribution in [-0.2, 0) is 20.1 Å². The second-order valence-electron chi connectivity index (χ2n) is 4.68. The zero-order chi connectivity index (χ0) is 14.9. The fourth-order valence-electron chi connectivity index (χ4n) is 2.03. The van der Waals surface area contributed by atoms with Crippen molar-refractivity contribution >= 4 is 17.5 Å². The number of halogens is 1. The number of nitrogens with zero attached hydrogens (tertiary/aromatic N) is 5. The smallest absolute Gasteiger partial charge is 0.257 e. The van der Waals surface area contributed by atoms with E-state index in [9.17, 15) is 4.79 Å². The average Bonchev–Trinajstić information content (AvgIpc) is 2.94. The minimum Gasteiger partial charge on any atom is -0.336 e. The van der Waals surface area contributed by atoms with Gasteiger partial charge in [0.1, 0.15) is 0 Å². The monoisotopic (exact) mass is 295 g/mol. The maximum absolute atomic E-state index is 12.4. The van der Waals surface area contributed by atoms with Crippen LogP contribution < -0.4 is 0 Å². The molecule has 1 amide bonds. The van der Waals surface area contributed by atoms with E-state index < -0.39 is 0 Å². The molecule has 0 atom stereocenters. The fraction of sp³-hybridized carbons (Fsp3) is 0.462. The molecule has 0 saturated carbocycles. The number of hydrogen-bond acceptors (Lipinski definition) is 3. The summed E-state index contributed by atoms with van der Waals surface area (Å²) in [5.41, 5.74) is 2.29. The first-order chi connectivity index (χ1) is 9.45. The Morgan fingerprint density at radius 3 is 2.65 bits per heavy atom. The number of hydrogen-bond donors (Lipinski definition) is 0. The second kappa shape index (κ2) is 5.66. The van der Waals surface area contributed by atoms with Crippen LogP contribution in [0.1, 0.15) is 28.7 Å². The third-order valence-electron chi connectivity index (χ3n) is 3.40. The lowest BCUT2D eigenvalue weighted by atomic mass is 10.2. The van der Waals surface area contributed by atoms with Crippen molar-refractivity contribution in [2.75, 3.05) is 7.05 Å². The molecular formula is C13H18ClN5O. The molecule has 20 heavy (non-hydrogen) atoms. The zero-order valence-electron chi connectivity index (χ0n) is 12.1. The van der Waals surface area contributed by atoms with E-state index in [0.29, 0.717) is 17.1 Å². The predicted octanol–water partition coefficient (Wildman–Crippen LogP) is 1.87. The van der Waals surface area contributed by atoms with Crippen molar-refractivity contribution < 1.29 is 4.79 Å². The Hall–Kier alpha value is -1.82. The Kier molecular flexibility index (Phi) is 4.13. The molecule has 108 valence electrons. The van der Waals surface area contributed by atoms with E-state index >= 15 is 0 Å². The molecular weight excluding hydrogens is 278 g/mol. The lowest BCUT2D eigenvalue weighted by Crippen LogP contribution is -2.28. The maximum Gasteiger partial charge on any atom is 0.257 e. The number of rotatable bonds is 4. The number of aryl methyl sites for hydroxylation is 2. The summed E-state index contributed by atoms with van der Waals surface area (Å²) >= 11 is 6.12. The van der Waals surface area contributed by atoms with Crippen LogP contribution in [0.15, 0.2) is 12.4 Å². The van der Waals surface area contributed by atoms with Gasteiger partial charge in [-0.05, 0) is 13.8 Å². The summed E-state index contributed by atoms with van der Waals surface area (Å²) < 4.78 is 3.48. The molecule has 0 saturated heterocycles. The molecule has 0 radical (unpaired) electrons.